The van der Waals surface area contributed by atoms with Crippen LogP contribution in [0, 0.1) is 11.3 Å². The van der Waals surface area contributed by atoms with E-state index in [1.54, 1.807) is 35.9 Å². The van der Waals surface area contributed by atoms with E-state index in [9.17, 15) is 20.0 Å². The summed E-state index contributed by atoms with van der Waals surface area (Å²) in [6.45, 7) is 0.554. The number of nitrogens with one attached hydrogen (secondary N) is 1. The molecule has 2 N–H and O–H groups in total. The fraction of sp³-hybridized carbons (Fsp3) is 0.227. The van der Waals surface area contributed by atoms with Gasteiger partial charge in [0.15, 0.2) is 0 Å². The van der Waals surface area contributed by atoms with Gasteiger partial charge >= 0.3 is 5.97 Å². The van der Waals surface area contributed by atoms with Crippen LogP contribution in [0.5, 0.6) is 0 Å². The van der Waals surface area contributed by atoms with Crippen LogP contribution in [0.3, 0.4) is 0 Å². The maximum Gasteiger partial charge on any atom is 0.335 e. The number of amides is 1. The van der Waals surface area contributed by atoms with Crippen molar-refractivity contribution in [3.63, 3.8) is 0 Å². The topological polar surface area (TPSA) is 104 Å². The van der Waals surface area contributed by atoms with Gasteiger partial charge in [0.2, 0.25) is 0 Å². The number of carbonyl (C=O) groups excluding carboxylic acids is 1. The first kappa shape index (κ1) is 21.2. The van der Waals surface area contributed by atoms with Crippen molar-refractivity contribution < 1.29 is 19.4 Å². The van der Waals surface area contributed by atoms with Crippen LogP contribution >= 0.6 is 23.2 Å². The minimum Gasteiger partial charge on any atom is -0.478 e. The fourth-order valence-electron chi connectivity index (χ4n) is 3.98. The van der Waals surface area contributed by atoms with Crippen LogP contribution in [0.2, 0.25) is 10.0 Å². The molecule has 3 aromatic rings. The van der Waals surface area contributed by atoms with Gasteiger partial charge in [-0.3, -0.25) is 4.79 Å². The van der Waals surface area contributed by atoms with Gasteiger partial charge in [0.25, 0.3) is 5.91 Å². The van der Waals surface area contributed by atoms with Crippen molar-refractivity contribution >= 4 is 46.0 Å². The number of carbonyl (C=O) groups is 2. The first-order valence-electron chi connectivity index (χ1n) is 9.39. The summed E-state index contributed by atoms with van der Waals surface area (Å²) in [5, 5.41) is 23.3. The van der Waals surface area contributed by atoms with Crippen molar-refractivity contribution in [1.29, 1.82) is 5.26 Å². The molecule has 31 heavy (non-hydrogen) atoms. The standard InChI is InChI=1S/C22H17Cl2N3O4/c1-27-17-5-4-16(23)19(24)14(17)9-18(27)20(28)26-22(6-7-31-11-22)15-3-2-12(21(29)30)8-13(15)10-25/h2-5,8-9H,6-7,11H2,1H3,(H,26,28)(H,29,30). The van der Waals surface area contributed by atoms with Gasteiger partial charge in [0, 0.05) is 31.0 Å². The molecule has 9 heteroatoms. The lowest BCUT2D eigenvalue weighted by Gasteiger charge is -2.30. The van der Waals surface area contributed by atoms with E-state index in [1.807, 2.05) is 6.07 Å². The molecule has 1 atom stereocenters. The molecule has 2 aromatic carbocycles. The minimum absolute atomic E-state index is 0.000830. The fourth-order valence-corrected chi connectivity index (χ4v) is 4.36. The SMILES string of the molecule is Cn1c(C(=O)NC2(c3ccc(C(=O)O)cc3C#N)CCOC2)cc2c(Cl)c(Cl)ccc21. The van der Waals surface area contributed by atoms with Gasteiger partial charge in [-0.2, -0.15) is 5.26 Å². The smallest absolute Gasteiger partial charge is 0.335 e. The van der Waals surface area contributed by atoms with Crippen LogP contribution in [0.4, 0.5) is 0 Å². The number of aromatic nitrogens is 1. The normalized spacial score (nSPS) is 18.1. The predicted octanol–water partition coefficient (Wildman–Crippen LogP) is 4.10. The van der Waals surface area contributed by atoms with Crippen molar-refractivity contribution in [3.8, 4) is 6.07 Å². The van der Waals surface area contributed by atoms with E-state index in [1.165, 1.54) is 12.1 Å². The van der Waals surface area contributed by atoms with E-state index in [2.05, 4.69) is 5.32 Å². The van der Waals surface area contributed by atoms with Crippen molar-refractivity contribution in [2.75, 3.05) is 13.2 Å². The Kier molecular flexibility index (Phi) is 5.40. The molecular formula is C22H17Cl2N3O4. The number of benzene rings is 2. The van der Waals surface area contributed by atoms with E-state index in [-0.39, 0.29) is 23.6 Å². The lowest BCUT2D eigenvalue weighted by atomic mass is 9.85. The highest BCUT2D eigenvalue weighted by Gasteiger charge is 2.41. The van der Waals surface area contributed by atoms with Crippen LogP contribution < -0.4 is 5.32 Å². The maximum absolute atomic E-state index is 13.3. The summed E-state index contributed by atoms with van der Waals surface area (Å²) in [5.74, 6) is -1.50. The summed E-state index contributed by atoms with van der Waals surface area (Å²) in [4.78, 5) is 24.6. The Morgan fingerprint density at radius 3 is 2.68 bits per heavy atom. The minimum atomic E-state index is -1.13. The molecule has 0 saturated carbocycles. The zero-order chi connectivity index (χ0) is 22.3. The Morgan fingerprint density at radius 1 is 1.26 bits per heavy atom. The number of halogens is 2. The Morgan fingerprint density at radius 2 is 2.03 bits per heavy atom. The highest BCUT2D eigenvalue weighted by atomic mass is 35.5. The molecular weight excluding hydrogens is 441 g/mol. The van der Waals surface area contributed by atoms with E-state index < -0.39 is 11.5 Å². The third kappa shape index (κ3) is 3.53. The van der Waals surface area contributed by atoms with Crippen LogP contribution in [0.25, 0.3) is 10.9 Å². The molecule has 1 saturated heterocycles. The van der Waals surface area contributed by atoms with Crippen molar-refractivity contribution in [3.05, 3.63) is 68.8 Å². The Bertz CT molecular complexity index is 1270. The molecule has 1 unspecified atom stereocenters. The number of rotatable bonds is 4. The molecule has 1 aliphatic heterocycles. The zero-order valence-electron chi connectivity index (χ0n) is 16.4. The molecule has 4 rings (SSSR count). The second kappa shape index (κ2) is 7.89. The van der Waals surface area contributed by atoms with E-state index in [0.717, 1.165) is 5.52 Å². The average molecular weight is 458 g/mol. The zero-order valence-corrected chi connectivity index (χ0v) is 17.9. The number of carboxylic acid groups (broad SMARTS) is 1. The van der Waals surface area contributed by atoms with E-state index >= 15 is 0 Å². The lowest BCUT2D eigenvalue weighted by molar-refractivity contribution is 0.0696. The van der Waals surface area contributed by atoms with Gasteiger partial charge < -0.3 is 19.7 Å². The number of nitrogens with zero attached hydrogens (tertiary/aromatic N) is 2. The molecule has 1 fully saturated rings. The maximum atomic E-state index is 13.3. The van der Waals surface area contributed by atoms with Gasteiger partial charge in [-0.1, -0.05) is 29.3 Å². The van der Waals surface area contributed by atoms with Crippen molar-refractivity contribution in [2.45, 2.75) is 12.0 Å². The third-order valence-corrected chi connectivity index (χ3v) is 6.44. The summed E-state index contributed by atoms with van der Waals surface area (Å²) in [5.41, 5.74) is 0.854. The second-order valence-electron chi connectivity index (χ2n) is 7.40. The third-order valence-electron chi connectivity index (χ3n) is 5.62. The molecule has 1 amide bonds. The molecule has 0 bridgehead atoms. The first-order valence-corrected chi connectivity index (χ1v) is 10.1. The lowest BCUT2D eigenvalue weighted by Crippen LogP contribution is -2.47. The summed E-state index contributed by atoms with van der Waals surface area (Å²) >= 11 is 12.4. The van der Waals surface area contributed by atoms with Gasteiger partial charge in [-0.15, -0.1) is 0 Å². The largest absolute Gasteiger partial charge is 0.478 e. The number of hydrogen-bond donors (Lipinski definition) is 2. The van der Waals surface area contributed by atoms with Crippen LogP contribution in [-0.4, -0.2) is 34.8 Å². The monoisotopic (exact) mass is 457 g/mol. The summed E-state index contributed by atoms with van der Waals surface area (Å²) < 4.78 is 7.28. The van der Waals surface area contributed by atoms with E-state index in [0.29, 0.717) is 39.7 Å². The number of nitriles is 1. The highest BCUT2D eigenvalue weighted by Crippen LogP contribution is 2.35. The number of carboxylic acids is 1. The Labute approximate surface area is 187 Å². The molecule has 0 spiro atoms. The van der Waals surface area contributed by atoms with Crippen LogP contribution in [0.1, 0.15) is 38.4 Å². The molecule has 158 valence electrons. The van der Waals surface area contributed by atoms with Crippen LogP contribution in [0.15, 0.2) is 36.4 Å². The molecule has 7 nitrogen and oxygen atoms in total. The Balaban J connectivity index is 1.76. The average Bonchev–Trinajstić information content (AvgIpc) is 3.36. The van der Waals surface area contributed by atoms with Gasteiger partial charge in [-0.05, 0) is 35.9 Å². The molecule has 0 radical (unpaired) electrons. The number of ether oxygens (including phenoxy) is 1. The number of aryl methyl sites for hydroxylation is 1. The quantitative estimate of drug-likeness (QED) is 0.613. The number of aromatic carboxylic acids is 1. The number of fused-ring (bicyclic) bond motifs is 1. The Hall–Kier alpha value is -3.05. The van der Waals surface area contributed by atoms with Gasteiger partial charge in [0.05, 0.1) is 39.4 Å². The molecule has 1 aromatic heterocycles. The molecule has 1 aliphatic rings. The highest BCUT2D eigenvalue weighted by molar-refractivity contribution is 6.45. The van der Waals surface area contributed by atoms with Crippen molar-refractivity contribution in [2.24, 2.45) is 7.05 Å². The van der Waals surface area contributed by atoms with Gasteiger partial charge in [0.1, 0.15) is 5.69 Å². The predicted molar refractivity (Wildman–Crippen MR) is 116 cm³/mol. The summed E-state index contributed by atoms with van der Waals surface area (Å²) in [7, 11) is 1.75. The molecule has 2 heterocycles. The van der Waals surface area contributed by atoms with E-state index in [4.69, 9.17) is 27.9 Å². The van der Waals surface area contributed by atoms with Crippen LogP contribution in [-0.2, 0) is 17.3 Å². The summed E-state index contributed by atoms with van der Waals surface area (Å²) in [6.07, 6.45) is 0.441. The second-order valence-corrected chi connectivity index (χ2v) is 8.18. The van der Waals surface area contributed by atoms with Crippen molar-refractivity contribution in [1.82, 2.24) is 9.88 Å². The first-order chi connectivity index (χ1) is 14.8. The van der Waals surface area contributed by atoms with Gasteiger partial charge in [-0.25, -0.2) is 4.79 Å². The molecule has 0 aliphatic carbocycles. The number of hydrogen-bond acceptors (Lipinski definition) is 4. The summed E-state index contributed by atoms with van der Waals surface area (Å²) in [6, 6.07) is 11.5.